The molecule has 1 aromatic carbocycles. The first-order chi connectivity index (χ1) is 14.3. The average Bonchev–Trinajstić information content (AvgIpc) is 2.71. The van der Waals surface area contributed by atoms with Crippen LogP contribution in [-0.4, -0.2) is 60.9 Å². The van der Waals surface area contributed by atoms with Gasteiger partial charge in [-0.2, -0.15) is 0 Å². The molecular formula is C22H30F3N3O2. The third-order valence-electron chi connectivity index (χ3n) is 6.53. The Morgan fingerprint density at radius 2 is 1.47 bits per heavy atom. The molecule has 2 saturated heterocycles. The van der Waals surface area contributed by atoms with Crippen molar-refractivity contribution < 1.29 is 22.8 Å². The van der Waals surface area contributed by atoms with E-state index in [2.05, 4.69) is 11.8 Å². The zero-order valence-corrected chi connectivity index (χ0v) is 17.7. The first-order valence-electron chi connectivity index (χ1n) is 10.7. The lowest BCUT2D eigenvalue weighted by molar-refractivity contribution is -0.154. The van der Waals surface area contributed by atoms with Gasteiger partial charge in [-0.15, -0.1) is 0 Å². The van der Waals surface area contributed by atoms with Crippen LogP contribution >= 0.6 is 0 Å². The summed E-state index contributed by atoms with van der Waals surface area (Å²) >= 11 is 0. The van der Waals surface area contributed by atoms with Gasteiger partial charge < -0.3 is 4.90 Å². The third-order valence-corrected chi connectivity index (χ3v) is 6.53. The Kier molecular flexibility index (Phi) is 7.06. The molecule has 0 saturated carbocycles. The maximum Gasteiger partial charge on any atom is 0.229 e. The number of rotatable bonds is 7. The molecule has 3 rings (SSSR count). The first-order valence-corrected chi connectivity index (χ1v) is 10.7. The quantitative estimate of drug-likeness (QED) is 0.495. The summed E-state index contributed by atoms with van der Waals surface area (Å²) in [6.07, 6.45) is 3.52. The van der Waals surface area contributed by atoms with Crippen molar-refractivity contribution >= 4 is 17.5 Å². The maximum absolute atomic E-state index is 14.0. The Hall–Kier alpha value is -2.09. The van der Waals surface area contributed by atoms with Crippen molar-refractivity contribution in [2.45, 2.75) is 46.0 Å². The Balaban J connectivity index is 1.52. The largest absolute Gasteiger partial charge is 0.367 e. The zero-order chi connectivity index (χ0) is 21.9. The number of likely N-dealkylation sites (tertiary alicyclic amines) is 1. The molecule has 166 valence electrons. The highest BCUT2D eigenvalue weighted by Crippen LogP contribution is 2.40. The Morgan fingerprint density at radius 1 is 0.867 bits per heavy atom. The summed E-state index contributed by atoms with van der Waals surface area (Å²) in [6, 6.07) is 1.46. The Bertz CT molecular complexity index is 776. The third kappa shape index (κ3) is 4.79. The first kappa shape index (κ1) is 22.6. The minimum atomic E-state index is -1.20. The van der Waals surface area contributed by atoms with E-state index in [0.29, 0.717) is 58.2 Å². The van der Waals surface area contributed by atoms with Gasteiger partial charge in [-0.1, -0.05) is 20.3 Å². The van der Waals surface area contributed by atoms with Gasteiger partial charge in [0.25, 0.3) is 0 Å². The van der Waals surface area contributed by atoms with Crippen molar-refractivity contribution in [1.82, 2.24) is 9.80 Å². The predicted octanol–water partition coefficient (Wildman–Crippen LogP) is 3.57. The molecule has 0 unspecified atom stereocenters. The summed E-state index contributed by atoms with van der Waals surface area (Å²) in [5, 5.41) is 0. The highest BCUT2D eigenvalue weighted by Gasteiger charge is 2.41. The number of nitrogens with zero attached hydrogens (tertiary/aromatic N) is 3. The molecule has 2 aliphatic heterocycles. The van der Waals surface area contributed by atoms with Gasteiger partial charge in [0.1, 0.15) is 5.82 Å². The molecule has 0 radical (unpaired) electrons. The summed E-state index contributed by atoms with van der Waals surface area (Å²) in [5.74, 6) is -3.23. The number of imide groups is 1. The molecule has 2 amide bonds. The second kappa shape index (κ2) is 9.37. The van der Waals surface area contributed by atoms with Crippen molar-refractivity contribution in [3.8, 4) is 0 Å². The van der Waals surface area contributed by atoms with Crippen molar-refractivity contribution in [2.75, 3.05) is 44.2 Å². The average molecular weight is 425 g/mol. The molecule has 30 heavy (non-hydrogen) atoms. The molecule has 5 nitrogen and oxygen atoms in total. The summed E-state index contributed by atoms with van der Waals surface area (Å²) in [7, 11) is 0. The number of hydrogen-bond acceptors (Lipinski definition) is 4. The number of carbonyl (C=O) groups is 2. The number of piperazine rings is 1. The molecule has 2 aliphatic rings. The fraction of sp³-hybridized carbons (Fsp3) is 0.636. The zero-order valence-electron chi connectivity index (χ0n) is 17.7. The van der Waals surface area contributed by atoms with Crippen LogP contribution in [0, 0.1) is 22.9 Å². The molecule has 0 bridgehead atoms. The van der Waals surface area contributed by atoms with E-state index in [-0.39, 0.29) is 22.9 Å². The summed E-state index contributed by atoms with van der Waals surface area (Å²) in [5.41, 5.74) is -0.138. The number of anilines is 1. The van der Waals surface area contributed by atoms with Gasteiger partial charge in [0, 0.05) is 64.2 Å². The SMILES string of the molecule is CCCC1(CC)CC(=O)N(CCN2CCN(c3cc(F)c(F)cc3F)CC2)C(=O)C1. The smallest absolute Gasteiger partial charge is 0.229 e. The van der Waals surface area contributed by atoms with E-state index in [0.717, 1.165) is 25.3 Å². The fourth-order valence-electron chi connectivity index (χ4n) is 4.63. The molecule has 2 fully saturated rings. The molecular weight excluding hydrogens is 395 g/mol. The maximum atomic E-state index is 14.0. The second-order valence-corrected chi connectivity index (χ2v) is 8.44. The van der Waals surface area contributed by atoms with Gasteiger partial charge in [0.15, 0.2) is 11.6 Å². The molecule has 0 aliphatic carbocycles. The van der Waals surface area contributed by atoms with Gasteiger partial charge in [-0.25, -0.2) is 13.2 Å². The lowest BCUT2D eigenvalue weighted by Gasteiger charge is -2.41. The van der Waals surface area contributed by atoms with Crippen LogP contribution in [0.1, 0.15) is 46.0 Å². The predicted molar refractivity (Wildman–Crippen MR) is 109 cm³/mol. The minimum Gasteiger partial charge on any atom is -0.367 e. The van der Waals surface area contributed by atoms with Gasteiger partial charge in [0.2, 0.25) is 11.8 Å². The number of halogens is 3. The van der Waals surface area contributed by atoms with E-state index in [1.54, 1.807) is 4.90 Å². The van der Waals surface area contributed by atoms with Gasteiger partial charge >= 0.3 is 0 Å². The van der Waals surface area contributed by atoms with Gasteiger partial charge in [0.05, 0.1) is 5.69 Å². The van der Waals surface area contributed by atoms with Crippen LogP contribution in [0.3, 0.4) is 0 Å². The number of amides is 2. The standard InChI is InChI=1S/C22H30F3N3O2/c1-3-5-22(4-2)14-20(29)28(21(30)15-22)11-8-26-6-9-27(10-7-26)19-13-17(24)16(23)12-18(19)25/h12-13H,3-11,14-15H2,1-2H3. The van der Waals surface area contributed by atoms with Crippen LogP contribution in [0.2, 0.25) is 0 Å². The van der Waals surface area contributed by atoms with Crippen LogP contribution in [-0.2, 0) is 9.59 Å². The van der Waals surface area contributed by atoms with Crippen molar-refractivity contribution in [3.63, 3.8) is 0 Å². The number of benzene rings is 1. The van der Waals surface area contributed by atoms with Gasteiger partial charge in [-0.3, -0.25) is 19.4 Å². The Labute approximate surface area is 175 Å². The molecule has 0 spiro atoms. The van der Waals surface area contributed by atoms with Crippen LogP contribution < -0.4 is 4.90 Å². The number of carbonyl (C=O) groups excluding carboxylic acids is 2. The lowest BCUT2D eigenvalue weighted by Crippen LogP contribution is -2.52. The molecule has 8 heteroatoms. The monoisotopic (exact) mass is 425 g/mol. The topological polar surface area (TPSA) is 43.9 Å². The number of hydrogen-bond donors (Lipinski definition) is 0. The molecule has 0 atom stereocenters. The highest BCUT2D eigenvalue weighted by atomic mass is 19.2. The normalized spacial score (nSPS) is 20.2. The minimum absolute atomic E-state index is 0.0572. The lowest BCUT2D eigenvalue weighted by atomic mass is 9.72. The fourth-order valence-corrected chi connectivity index (χ4v) is 4.63. The summed E-state index contributed by atoms with van der Waals surface area (Å²) in [4.78, 5) is 30.4. The van der Waals surface area contributed by atoms with Crippen molar-refractivity contribution in [1.29, 1.82) is 0 Å². The van der Waals surface area contributed by atoms with E-state index in [4.69, 9.17) is 0 Å². The Morgan fingerprint density at radius 3 is 2.03 bits per heavy atom. The van der Waals surface area contributed by atoms with Crippen molar-refractivity contribution in [2.24, 2.45) is 5.41 Å². The summed E-state index contributed by atoms with van der Waals surface area (Å²) < 4.78 is 40.6. The van der Waals surface area contributed by atoms with E-state index in [1.165, 1.54) is 4.90 Å². The highest BCUT2D eigenvalue weighted by molar-refractivity contribution is 5.98. The van der Waals surface area contributed by atoms with Crippen molar-refractivity contribution in [3.05, 3.63) is 29.6 Å². The van der Waals surface area contributed by atoms with E-state index < -0.39 is 17.5 Å². The van der Waals surface area contributed by atoms with Crippen LogP contribution in [0.5, 0.6) is 0 Å². The molecule has 1 aromatic rings. The van der Waals surface area contributed by atoms with Crippen LogP contribution in [0.4, 0.5) is 18.9 Å². The molecule has 0 N–H and O–H groups in total. The molecule has 2 heterocycles. The summed E-state index contributed by atoms with van der Waals surface area (Å²) in [6.45, 7) is 7.11. The molecule has 0 aromatic heterocycles. The van der Waals surface area contributed by atoms with E-state index in [1.807, 2.05) is 6.92 Å². The van der Waals surface area contributed by atoms with Crippen LogP contribution in [0.15, 0.2) is 12.1 Å². The number of piperidine rings is 1. The van der Waals surface area contributed by atoms with Crippen LogP contribution in [0.25, 0.3) is 0 Å². The second-order valence-electron chi connectivity index (χ2n) is 8.44. The van der Waals surface area contributed by atoms with Gasteiger partial charge in [-0.05, 0) is 18.3 Å². The van der Waals surface area contributed by atoms with E-state index in [9.17, 15) is 22.8 Å². The van der Waals surface area contributed by atoms with E-state index >= 15 is 0 Å².